The number of rotatable bonds is 3. The molecule has 0 radical (unpaired) electrons. The summed E-state index contributed by atoms with van der Waals surface area (Å²) in [6, 6.07) is 2.58. The van der Waals surface area contributed by atoms with E-state index in [-0.39, 0.29) is 6.54 Å². The van der Waals surface area contributed by atoms with E-state index in [2.05, 4.69) is 5.10 Å². The third kappa shape index (κ3) is 3.81. The lowest BCUT2D eigenvalue weighted by molar-refractivity contribution is -0.139. The molecule has 2 amide bonds. The number of benzene rings is 1. The summed E-state index contributed by atoms with van der Waals surface area (Å²) in [5.41, 5.74) is -0.618. The van der Waals surface area contributed by atoms with Gasteiger partial charge in [-0.1, -0.05) is 19.1 Å². The molecule has 1 aliphatic rings. The maximum Gasteiger partial charge on any atom is 0.417 e. The molecule has 0 spiro atoms. The van der Waals surface area contributed by atoms with Crippen molar-refractivity contribution in [2.75, 3.05) is 6.54 Å². The van der Waals surface area contributed by atoms with Crippen LogP contribution in [0.25, 0.3) is 0 Å². The zero-order valence-corrected chi connectivity index (χ0v) is 12.9. The summed E-state index contributed by atoms with van der Waals surface area (Å²) >= 11 is 0. The number of hydrogen-bond donors (Lipinski definition) is 1. The van der Waals surface area contributed by atoms with E-state index < -0.39 is 32.7 Å². The first kappa shape index (κ1) is 17.3. The Kier molecular flexibility index (Phi) is 4.64. The van der Waals surface area contributed by atoms with Gasteiger partial charge in [-0.3, -0.25) is 0 Å². The number of nitrogens with one attached hydrogen (secondary N) is 1. The summed E-state index contributed by atoms with van der Waals surface area (Å²) in [4.78, 5) is 10.9. The SMILES string of the molecule is CCC1=NN(C(=O)NS(=O)(=O)c2ccccc2C(F)(F)F)CC1. The molecule has 0 bridgehead atoms. The monoisotopic (exact) mass is 349 g/mol. The first-order chi connectivity index (χ1) is 10.6. The minimum atomic E-state index is -4.85. The van der Waals surface area contributed by atoms with Gasteiger partial charge in [0, 0.05) is 12.1 Å². The van der Waals surface area contributed by atoms with E-state index in [0.717, 1.165) is 23.2 Å². The number of halogens is 3. The largest absolute Gasteiger partial charge is 0.417 e. The van der Waals surface area contributed by atoms with E-state index in [4.69, 9.17) is 0 Å². The maximum atomic E-state index is 12.9. The van der Waals surface area contributed by atoms with E-state index in [1.807, 2.05) is 6.92 Å². The molecule has 0 saturated heterocycles. The predicted octanol–water partition coefficient (Wildman–Crippen LogP) is 2.58. The van der Waals surface area contributed by atoms with Crippen LogP contribution in [0.3, 0.4) is 0 Å². The van der Waals surface area contributed by atoms with Crippen LogP contribution in [0.4, 0.5) is 18.0 Å². The Bertz CT molecular complexity index is 744. The average Bonchev–Trinajstić information content (AvgIpc) is 2.95. The molecular formula is C13H14F3N3O3S. The van der Waals surface area contributed by atoms with Crippen molar-refractivity contribution in [1.29, 1.82) is 0 Å². The Balaban J connectivity index is 2.27. The van der Waals surface area contributed by atoms with Gasteiger partial charge >= 0.3 is 12.2 Å². The second-order valence-electron chi connectivity index (χ2n) is 4.80. The number of nitrogens with zero attached hydrogens (tertiary/aromatic N) is 2. The van der Waals surface area contributed by atoms with Gasteiger partial charge in [-0.05, 0) is 18.6 Å². The summed E-state index contributed by atoms with van der Waals surface area (Å²) in [6.45, 7) is 2.02. The topological polar surface area (TPSA) is 78.8 Å². The lowest BCUT2D eigenvalue weighted by Gasteiger charge is -2.16. The molecule has 0 atom stereocenters. The molecule has 1 aromatic rings. The zero-order valence-electron chi connectivity index (χ0n) is 12.1. The highest BCUT2D eigenvalue weighted by Crippen LogP contribution is 2.33. The normalized spacial score (nSPS) is 15.5. The Morgan fingerprint density at radius 1 is 1.35 bits per heavy atom. The molecule has 0 unspecified atom stereocenters. The summed E-state index contributed by atoms with van der Waals surface area (Å²) in [6.07, 6.45) is -3.74. The quantitative estimate of drug-likeness (QED) is 0.911. The molecule has 0 aromatic heterocycles. The number of urea groups is 1. The minimum Gasteiger partial charge on any atom is -0.246 e. The van der Waals surface area contributed by atoms with Gasteiger partial charge < -0.3 is 0 Å². The van der Waals surface area contributed by atoms with Gasteiger partial charge in [-0.25, -0.2) is 22.9 Å². The fourth-order valence-corrected chi connectivity index (χ4v) is 3.23. The third-order valence-electron chi connectivity index (χ3n) is 3.22. The molecule has 1 aliphatic heterocycles. The smallest absolute Gasteiger partial charge is 0.246 e. The molecule has 0 saturated carbocycles. The van der Waals surface area contributed by atoms with Crippen LogP contribution in [0, 0.1) is 0 Å². The van der Waals surface area contributed by atoms with Crippen molar-refractivity contribution in [3.63, 3.8) is 0 Å². The highest BCUT2D eigenvalue weighted by Gasteiger charge is 2.37. The predicted molar refractivity (Wildman–Crippen MR) is 76.2 cm³/mol. The van der Waals surface area contributed by atoms with Crippen LogP contribution in [0.5, 0.6) is 0 Å². The summed E-state index contributed by atoms with van der Waals surface area (Å²) < 4.78 is 64.6. The lowest BCUT2D eigenvalue weighted by atomic mass is 10.2. The summed E-state index contributed by atoms with van der Waals surface area (Å²) in [5, 5.41) is 4.80. The number of carbonyl (C=O) groups excluding carboxylic acids is 1. The van der Waals surface area contributed by atoms with E-state index >= 15 is 0 Å². The third-order valence-corrected chi connectivity index (χ3v) is 4.60. The average molecular weight is 349 g/mol. The Morgan fingerprint density at radius 3 is 2.57 bits per heavy atom. The molecule has 1 heterocycles. The fourth-order valence-electron chi connectivity index (χ4n) is 2.06. The molecule has 126 valence electrons. The first-order valence-electron chi connectivity index (χ1n) is 6.72. The molecule has 0 aliphatic carbocycles. The molecule has 2 rings (SSSR count). The standard InChI is InChI=1S/C13H14F3N3O3S/c1-2-9-7-8-19(17-9)12(20)18-23(21,22)11-6-4-3-5-10(11)13(14,15)16/h3-6H,2,7-8H2,1H3,(H,18,20). The molecule has 10 heteroatoms. The van der Waals surface area contributed by atoms with E-state index in [1.54, 1.807) is 4.72 Å². The van der Waals surface area contributed by atoms with Gasteiger partial charge in [0.15, 0.2) is 0 Å². The van der Waals surface area contributed by atoms with Crippen molar-refractivity contribution < 1.29 is 26.4 Å². The zero-order chi connectivity index (χ0) is 17.3. The number of hydrazone groups is 1. The van der Waals surface area contributed by atoms with Crippen LogP contribution >= 0.6 is 0 Å². The van der Waals surface area contributed by atoms with Crippen molar-refractivity contribution in [3.05, 3.63) is 29.8 Å². The second-order valence-corrected chi connectivity index (χ2v) is 6.45. The van der Waals surface area contributed by atoms with Crippen molar-refractivity contribution in [2.24, 2.45) is 5.10 Å². The number of sulfonamides is 1. The second kappa shape index (κ2) is 6.19. The molecule has 6 nitrogen and oxygen atoms in total. The highest BCUT2D eigenvalue weighted by molar-refractivity contribution is 7.90. The van der Waals surface area contributed by atoms with Gasteiger partial charge in [0.25, 0.3) is 10.0 Å². The van der Waals surface area contributed by atoms with Gasteiger partial charge in [0.1, 0.15) is 0 Å². The molecule has 1 N–H and O–H groups in total. The van der Waals surface area contributed by atoms with Crippen molar-refractivity contribution in [1.82, 2.24) is 9.73 Å². The molecule has 23 heavy (non-hydrogen) atoms. The van der Waals surface area contributed by atoms with E-state index in [0.29, 0.717) is 24.6 Å². The lowest BCUT2D eigenvalue weighted by Crippen LogP contribution is -2.39. The van der Waals surface area contributed by atoms with Crippen molar-refractivity contribution >= 4 is 21.8 Å². The molecule has 0 fully saturated rings. The summed E-state index contributed by atoms with van der Waals surface area (Å²) in [7, 11) is -4.67. The van der Waals surface area contributed by atoms with Crippen LogP contribution in [0.1, 0.15) is 25.3 Å². The van der Waals surface area contributed by atoms with Crippen LogP contribution in [0.2, 0.25) is 0 Å². The molecular weight excluding hydrogens is 335 g/mol. The maximum absolute atomic E-state index is 12.9. The van der Waals surface area contributed by atoms with Gasteiger partial charge in [-0.2, -0.15) is 18.3 Å². The number of hydrogen-bond acceptors (Lipinski definition) is 4. The fraction of sp³-hybridized carbons (Fsp3) is 0.385. The van der Waals surface area contributed by atoms with Crippen LogP contribution in [-0.4, -0.2) is 31.7 Å². The highest BCUT2D eigenvalue weighted by atomic mass is 32.2. The number of carbonyl (C=O) groups is 1. The summed E-state index contributed by atoms with van der Waals surface area (Å²) in [5.74, 6) is 0. The van der Waals surface area contributed by atoms with E-state index in [1.165, 1.54) is 0 Å². The number of amides is 2. The van der Waals surface area contributed by atoms with Crippen LogP contribution in [0.15, 0.2) is 34.3 Å². The first-order valence-corrected chi connectivity index (χ1v) is 8.20. The van der Waals surface area contributed by atoms with Crippen molar-refractivity contribution in [2.45, 2.75) is 30.8 Å². The Labute approximate surface area is 131 Å². The van der Waals surface area contributed by atoms with Crippen LogP contribution < -0.4 is 4.72 Å². The number of alkyl halides is 3. The van der Waals surface area contributed by atoms with Gasteiger partial charge in [0.05, 0.1) is 17.0 Å². The van der Waals surface area contributed by atoms with Crippen molar-refractivity contribution in [3.8, 4) is 0 Å². The molecule has 1 aromatic carbocycles. The Hall–Kier alpha value is -2.10. The van der Waals surface area contributed by atoms with Gasteiger partial charge in [-0.15, -0.1) is 0 Å². The van der Waals surface area contributed by atoms with Crippen LogP contribution in [-0.2, 0) is 16.2 Å². The van der Waals surface area contributed by atoms with Gasteiger partial charge in [0.2, 0.25) is 0 Å². The van der Waals surface area contributed by atoms with E-state index in [9.17, 15) is 26.4 Å². The Morgan fingerprint density at radius 2 is 2.00 bits per heavy atom. The minimum absolute atomic E-state index is 0.186.